The van der Waals surface area contributed by atoms with Gasteiger partial charge in [-0.15, -0.1) is 0 Å². The predicted molar refractivity (Wildman–Crippen MR) is 82.1 cm³/mol. The summed E-state index contributed by atoms with van der Waals surface area (Å²) in [6.45, 7) is 6.36. The van der Waals surface area contributed by atoms with E-state index >= 15 is 0 Å². The van der Waals surface area contributed by atoms with Crippen LogP contribution in [0, 0.1) is 0 Å². The van der Waals surface area contributed by atoms with Crippen molar-refractivity contribution in [2.45, 2.75) is 39.3 Å². The summed E-state index contributed by atoms with van der Waals surface area (Å²) in [6.07, 6.45) is 1.70. The zero-order chi connectivity index (χ0) is 14.6. The smallest absolute Gasteiger partial charge is 0.211 e. The number of nitrogens with one attached hydrogen (secondary N) is 1. The lowest BCUT2D eigenvalue weighted by molar-refractivity contribution is 0.192. The monoisotopic (exact) mass is 296 g/mol. The Morgan fingerprint density at radius 2 is 2.00 bits per heavy atom. The maximum atomic E-state index is 11.7. The molecular weight excluding hydrogens is 272 g/mol. The standard InChI is InChI=1S/C15H24N2O2S/c1-3-10-20(18,19)16-11-13(2)17-9-8-14-6-4-5-7-15(14)12-17/h4-7,13,16H,3,8-12H2,1-2H3/t13-/m1/s1. The molecule has 0 radical (unpaired) electrons. The van der Waals surface area contributed by atoms with Gasteiger partial charge in [0.05, 0.1) is 5.75 Å². The van der Waals surface area contributed by atoms with Gasteiger partial charge in [0, 0.05) is 25.7 Å². The van der Waals surface area contributed by atoms with E-state index in [1.807, 2.05) is 6.92 Å². The lowest BCUT2D eigenvalue weighted by Crippen LogP contribution is -2.44. The molecule has 0 aromatic heterocycles. The highest BCUT2D eigenvalue weighted by Crippen LogP contribution is 2.19. The molecule has 20 heavy (non-hydrogen) atoms. The minimum atomic E-state index is -3.10. The second-order valence-electron chi connectivity index (χ2n) is 5.51. The van der Waals surface area contributed by atoms with Gasteiger partial charge in [0.2, 0.25) is 10.0 Å². The van der Waals surface area contributed by atoms with Gasteiger partial charge in [0.25, 0.3) is 0 Å². The van der Waals surface area contributed by atoms with E-state index in [0.29, 0.717) is 13.0 Å². The summed E-state index contributed by atoms with van der Waals surface area (Å²) in [4.78, 5) is 2.34. The van der Waals surface area contributed by atoms with Crippen molar-refractivity contribution in [1.82, 2.24) is 9.62 Å². The summed E-state index contributed by atoms with van der Waals surface area (Å²) in [5, 5.41) is 0. The first kappa shape index (κ1) is 15.5. The molecule has 1 heterocycles. The normalized spacial score (nSPS) is 17.7. The fourth-order valence-electron chi connectivity index (χ4n) is 2.61. The molecule has 0 fully saturated rings. The van der Waals surface area contributed by atoms with Crippen molar-refractivity contribution >= 4 is 10.0 Å². The second-order valence-corrected chi connectivity index (χ2v) is 7.43. The Balaban J connectivity index is 1.90. The molecule has 5 heteroatoms. The Kier molecular flexibility index (Phi) is 5.18. The molecule has 0 saturated carbocycles. The van der Waals surface area contributed by atoms with Crippen LogP contribution in [0.25, 0.3) is 0 Å². The first-order valence-electron chi connectivity index (χ1n) is 7.30. The summed E-state index contributed by atoms with van der Waals surface area (Å²) < 4.78 is 26.1. The van der Waals surface area contributed by atoms with Gasteiger partial charge < -0.3 is 0 Å². The van der Waals surface area contributed by atoms with Crippen LogP contribution >= 0.6 is 0 Å². The van der Waals surface area contributed by atoms with E-state index < -0.39 is 10.0 Å². The van der Waals surface area contributed by atoms with Crippen LogP contribution in [-0.4, -0.2) is 38.2 Å². The van der Waals surface area contributed by atoms with Crippen LogP contribution < -0.4 is 4.72 Å². The van der Waals surface area contributed by atoms with Gasteiger partial charge in [-0.05, 0) is 30.9 Å². The molecule has 2 rings (SSSR count). The summed E-state index contributed by atoms with van der Waals surface area (Å²) in [7, 11) is -3.10. The minimum Gasteiger partial charge on any atom is -0.295 e. The Labute approximate surface area is 122 Å². The quantitative estimate of drug-likeness (QED) is 0.870. The lowest BCUT2D eigenvalue weighted by atomic mass is 9.99. The van der Waals surface area contributed by atoms with Crippen molar-refractivity contribution in [3.8, 4) is 0 Å². The molecule has 1 atom stereocenters. The highest BCUT2D eigenvalue weighted by molar-refractivity contribution is 7.89. The van der Waals surface area contributed by atoms with Gasteiger partial charge in [-0.1, -0.05) is 31.2 Å². The third-order valence-corrected chi connectivity index (χ3v) is 5.41. The first-order chi connectivity index (χ1) is 9.52. The maximum Gasteiger partial charge on any atom is 0.211 e. The van der Waals surface area contributed by atoms with Gasteiger partial charge >= 0.3 is 0 Å². The van der Waals surface area contributed by atoms with E-state index in [1.165, 1.54) is 11.1 Å². The summed E-state index contributed by atoms with van der Waals surface area (Å²) in [5.41, 5.74) is 2.78. The molecular formula is C15H24N2O2S. The van der Waals surface area contributed by atoms with E-state index in [4.69, 9.17) is 0 Å². The fraction of sp³-hybridized carbons (Fsp3) is 0.600. The summed E-state index contributed by atoms with van der Waals surface area (Å²) >= 11 is 0. The molecule has 0 unspecified atom stereocenters. The molecule has 1 aliphatic rings. The summed E-state index contributed by atoms with van der Waals surface area (Å²) in [6, 6.07) is 8.71. The van der Waals surface area contributed by atoms with Gasteiger partial charge in [-0.2, -0.15) is 0 Å². The molecule has 112 valence electrons. The molecule has 0 saturated heterocycles. The molecule has 1 aliphatic heterocycles. The Hall–Kier alpha value is -0.910. The maximum absolute atomic E-state index is 11.7. The predicted octanol–water partition coefficient (Wildman–Crippen LogP) is 1.76. The number of rotatable bonds is 6. The highest BCUT2D eigenvalue weighted by Gasteiger charge is 2.21. The number of benzene rings is 1. The molecule has 4 nitrogen and oxygen atoms in total. The third-order valence-electron chi connectivity index (χ3n) is 3.86. The number of sulfonamides is 1. The molecule has 0 aliphatic carbocycles. The van der Waals surface area contributed by atoms with Crippen LogP contribution in [0.1, 0.15) is 31.4 Å². The van der Waals surface area contributed by atoms with E-state index in [2.05, 4.69) is 40.8 Å². The zero-order valence-electron chi connectivity index (χ0n) is 12.3. The van der Waals surface area contributed by atoms with E-state index in [1.54, 1.807) is 0 Å². The van der Waals surface area contributed by atoms with Crippen molar-refractivity contribution in [1.29, 1.82) is 0 Å². The van der Waals surface area contributed by atoms with Crippen LogP contribution in [0.4, 0.5) is 0 Å². The zero-order valence-corrected chi connectivity index (χ0v) is 13.1. The Morgan fingerprint density at radius 3 is 2.70 bits per heavy atom. The van der Waals surface area contributed by atoms with Crippen molar-refractivity contribution < 1.29 is 8.42 Å². The largest absolute Gasteiger partial charge is 0.295 e. The average Bonchev–Trinajstić information content (AvgIpc) is 2.44. The van der Waals surface area contributed by atoms with Crippen molar-refractivity contribution in [2.75, 3.05) is 18.8 Å². The number of hydrogen-bond donors (Lipinski definition) is 1. The molecule has 1 aromatic carbocycles. The SMILES string of the molecule is CCCS(=O)(=O)NC[C@@H](C)N1CCc2ccccc2C1. The van der Waals surface area contributed by atoms with E-state index in [9.17, 15) is 8.42 Å². The molecule has 1 aromatic rings. The first-order valence-corrected chi connectivity index (χ1v) is 8.95. The van der Waals surface area contributed by atoms with Crippen LogP contribution in [-0.2, 0) is 23.0 Å². The fourth-order valence-corrected chi connectivity index (χ4v) is 3.79. The third kappa shape index (κ3) is 4.04. The van der Waals surface area contributed by atoms with Crippen molar-refractivity contribution in [3.05, 3.63) is 35.4 Å². The van der Waals surface area contributed by atoms with Crippen molar-refractivity contribution in [3.63, 3.8) is 0 Å². The topological polar surface area (TPSA) is 49.4 Å². The average molecular weight is 296 g/mol. The molecule has 1 N–H and O–H groups in total. The van der Waals surface area contributed by atoms with Crippen LogP contribution in [0.15, 0.2) is 24.3 Å². The van der Waals surface area contributed by atoms with E-state index in [0.717, 1.165) is 19.5 Å². The van der Waals surface area contributed by atoms with Gasteiger partial charge in [-0.25, -0.2) is 13.1 Å². The minimum absolute atomic E-state index is 0.211. The molecule has 0 bridgehead atoms. The number of nitrogens with zero attached hydrogens (tertiary/aromatic N) is 1. The number of hydrogen-bond acceptors (Lipinski definition) is 3. The van der Waals surface area contributed by atoms with Crippen LogP contribution in [0.3, 0.4) is 0 Å². The summed E-state index contributed by atoms with van der Waals surface area (Å²) in [5.74, 6) is 0.211. The van der Waals surface area contributed by atoms with Gasteiger partial charge in [-0.3, -0.25) is 4.90 Å². The Morgan fingerprint density at radius 1 is 1.30 bits per heavy atom. The molecule has 0 amide bonds. The van der Waals surface area contributed by atoms with Crippen molar-refractivity contribution in [2.24, 2.45) is 0 Å². The van der Waals surface area contributed by atoms with Gasteiger partial charge in [0.1, 0.15) is 0 Å². The molecule has 0 spiro atoms. The van der Waals surface area contributed by atoms with Gasteiger partial charge in [0.15, 0.2) is 0 Å². The van der Waals surface area contributed by atoms with E-state index in [-0.39, 0.29) is 11.8 Å². The second kappa shape index (κ2) is 6.70. The Bertz CT molecular complexity index is 543. The highest BCUT2D eigenvalue weighted by atomic mass is 32.2. The van der Waals surface area contributed by atoms with Crippen LogP contribution in [0.2, 0.25) is 0 Å². The lowest BCUT2D eigenvalue weighted by Gasteiger charge is -2.33. The van der Waals surface area contributed by atoms with Crippen LogP contribution in [0.5, 0.6) is 0 Å². The number of fused-ring (bicyclic) bond motifs is 1.